The molecule has 7 nitrogen and oxygen atoms in total. The Morgan fingerprint density at radius 2 is 2.38 bits per heavy atom. The fourth-order valence-electron chi connectivity index (χ4n) is 0.619. The predicted octanol–water partition coefficient (Wildman–Crippen LogP) is 0.0689. The first kappa shape index (κ1) is 9.17. The molecular formula is C6H10N6O. The maximum absolute atomic E-state index is 10.6. The van der Waals surface area contributed by atoms with Crippen molar-refractivity contribution in [1.82, 2.24) is 15.0 Å². The van der Waals surface area contributed by atoms with Crippen molar-refractivity contribution in [2.24, 2.45) is 16.1 Å². The molecule has 0 saturated carbocycles. The highest BCUT2D eigenvalue weighted by Gasteiger charge is 2.03. The van der Waals surface area contributed by atoms with Gasteiger partial charge in [0.15, 0.2) is 0 Å². The fraction of sp³-hybridized carbons (Fsp3) is 0.333. The molecule has 0 bridgehead atoms. The van der Waals surface area contributed by atoms with Crippen LogP contribution in [0.25, 0.3) is 0 Å². The van der Waals surface area contributed by atoms with Crippen LogP contribution in [-0.2, 0) is 0 Å². The fourth-order valence-corrected chi connectivity index (χ4v) is 0.619. The van der Waals surface area contributed by atoms with Gasteiger partial charge in [-0.2, -0.15) is 0 Å². The van der Waals surface area contributed by atoms with Gasteiger partial charge in [0.2, 0.25) is 5.95 Å². The van der Waals surface area contributed by atoms with E-state index in [9.17, 15) is 4.79 Å². The van der Waals surface area contributed by atoms with Gasteiger partial charge in [0.25, 0.3) is 5.91 Å². The normalized spacial score (nSPS) is 10.6. The van der Waals surface area contributed by atoms with E-state index in [1.54, 1.807) is 14.1 Å². The Morgan fingerprint density at radius 3 is 2.85 bits per heavy atom. The summed E-state index contributed by atoms with van der Waals surface area (Å²) in [5, 5.41) is 8.87. The molecule has 0 spiro atoms. The molecule has 13 heavy (non-hydrogen) atoms. The van der Waals surface area contributed by atoms with Gasteiger partial charge in [0.05, 0.1) is 6.20 Å². The number of rotatable bonds is 3. The zero-order valence-electron chi connectivity index (χ0n) is 7.35. The van der Waals surface area contributed by atoms with Crippen molar-refractivity contribution >= 4 is 11.9 Å². The molecule has 7 heteroatoms. The molecule has 0 aromatic carbocycles. The third-order valence-electron chi connectivity index (χ3n) is 1.15. The van der Waals surface area contributed by atoms with Crippen LogP contribution in [-0.4, -0.2) is 35.0 Å². The molecule has 0 aliphatic carbocycles. The second-order valence-electron chi connectivity index (χ2n) is 2.52. The van der Waals surface area contributed by atoms with E-state index in [1.165, 1.54) is 11.2 Å². The molecule has 0 fully saturated rings. The van der Waals surface area contributed by atoms with Crippen molar-refractivity contribution in [3.05, 3.63) is 11.9 Å². The molecule has 0 saturated heterocycles. The maximum Gasteiger partial charge on any atom is 0.266 e. The van der Waals surface area contributed by atoms with Gasteiger partial charge in [-0.25, -0.2) is 4.98 Å². The number of hydrogen-bond acceptors (Lipinski definition) is 4. The second kappa shape index (κ2) is 3.65. The van der Waals surface area contributed by atoms with E-state index in [4.69, 9.17) is 5.73 Å². The summed E-state index contributed by atoms with van der Waals surface area (Å²) >= 11 is 0. The van der Waals surface area contributed by atoms with Crippen LogP contribution in [0.2, 0.25) is 0 Å². The summed E-state index contributed by atoms with van der Waals surface area (Å²) in [6.07, 6.45) is 1.31. The van der Waals surface area contributed by atoms with E-state index >= 15 is 0 Å². The molecule has 1 rings (SSSR count). The van der Waals surface area contributed by atoms with Crippen LogP contribution in [0.15, 0.2) is 16.5 Å². The molecule has 70 valence electrons. The first-order valence-electron chi connectivity index (χ1n) is 3.53. The van der Waals surface area contributed by atoms with E-state index < -0.39 is 5.91 Å². The summed E-state index contributed by atoms with van der Waals surface area (Å²) in [4.78, 5) is 17.0. The number of aromatic nitrogens is 2. The summed E-state index contributed by atoms with van der Waals surface area (Å²) in [5.41, 5.74) is 5.21. The first-order chi connectivity index (χ1) is 6.09. The van der Waals surface area contributed by atoms with Crippen LogP contribution in [0.1, 0.15) is 10.5 Å². The third-order valence-corrected chi connectivity index (χ3v) is 1.15. The highest BCUT2D eigenvalue weighted by molar-refractivity contribution is 5.90. The third kappa shape index (κ3) is 2.55. The van der Waals surface area contributed by atoms with Gasteiger partial charge in [0.1, 0.15) is 5.69 Å². The summed E-state index contributed by atoms with van der Waals surface area (Å²) < 4.78 is 0. The Hall–Kier alpha value is -1.92. The Bertz CT molecular complexity index is 328. The van der Waals surface area contributed by atoms with E-state index in [0.717, 1.165) is 0 Å². The summed E-state index contributed by atoms with van der Waals surface area (Å²) in [6, 6.07) is 0. The number of hydrogen-bond donors (Lipinski definition) is 2. The molecule has 1 aromatic rings. The van der Waals surface area contributed by atoms with Crippen molar-refractivity contribution in [3.63, 3.8) is 0 Å². The van der Waals surface area contributed by atoms with E-state index in [0.29, 0.717) is 0 Å². The highest BCUT2D eigenvalue weighted by Crippen LogP contribution is 2.05. The zero-order valence-corrected chi connectivity index (χ0v) is 7.35. The van der Waals surface area contributed by atoms with Crippen LogP contribution in [0.4, 0.5) is 5.95 Å². The van der Waals surface area contributed by atoms with E-state index in [1.807, 2.05) is 0 Å². The minimum Gasteiger partial charge on any atom is -0.364 e. The van der Waals surface area contributed by atoms with Gasteiger partial charge in [-0.05, 0) is 0 Å². The second-order valence-corrected chi connectivity index (χ2v) is 2.52. The lowest BCUT2D eigenvalue weighted by molar-refractivity contribution is 0.0996. The quantitative estimate of drug-likeness (QED) is 0.511. The molecule has 3 N–H and O–H groups in total. The Balaban J connectivity index is 2.75. The van der Waals surface area contributed by atoms with Crippen molar-refractivity contribution in [2.45, 2.75) is 0 Å². The molecule has 1 amide bonds. The molecule has 1 heterocycles. The average Bonchev–Trinajstić information content (AvgIpc) is 2.48. The number of carbonyl (C=O) groups is 1. The lowest BCUT2D eigenvalue weighted by Crippen LogP contribution is -2.10. The van der Waals surface area contributed by atoms with Gasteiger partial charge in [-0.1, -0.05) is 10.3 Å². The maximum atomic E-state index is 10.6. The van der Waals surface area contributed by atoms with Crippen LogP contribution in [0.5, 0.6) is 0 Å². The molecule has 0 aliphatic heterocycles. The molecule has 0 aliphatic rings. The number of primary amides is 1. The van der Waals surface area contributed by atoms with Crippen molar-refractivity contribution in [2.75, 3.05) is 14.1 Å². The Labute approximate surface area is 74.6 Å². The van der Waals surface area contributed by atoms with Gasteiger partial charge in [-0.15, -0.1) is 0 Å². The molecular weight excluding hydrogens is 172 g/mol. The number of aromatic amines is 1. The van der Waals surface area contributed by atoms with E-state index in [2.05, 4.69) is 20.3 Å². The van der Waals surface area contributed by atoms with Crippen molar-refractivity contribution in [3.8, 4) is 0 Å². The van der Waals surface area contributed by atoms with Crippen molar-refractivity contribution in [1.29, 1.82) is 0 Å². The highest BCUT2D eigenvalue weighted by atomic mass is 16.1. The molecule has 0 atom stereocenters. The first-order valence-corrected chi connectivity index (χ1v) is 3.53. The zero-order chi connectivity index (χ0) is 9.84. The average molecular weight is 182 g/mol. The predicted molar refractivity (Wildman–Crippen MR) is 45.3 cm³/mol. The minimum atomic E-state index is -0.571. The molecule has 1 aromatic heterocycles. The number of H-pyrrole nitrogens is 1. The number of nitrogens with zero attached hydrogens (tertiary/aromatic N) is 4. The number of nitrogens with one attached hydrogen (secondary N) is 1. The summed E-state index contributed by atoms with van der Waals surface area (Å²) in [7, 11) is 3.45. The molecule has 0 radical (unpaired) electrons. The summed E-state index contributed by atoms with van der Waals surface area (Å²) in [5.74, 6) is -0.318. The number of carbonyl (C=O) groups excluding carboxylic acids is 1. The SMILES string of the molecule is CN(C)N=Nc1ncc(C(N)=O)[nH]1. The Morgan fingerprint density at radius 1 is 1.69 bits per heavy atom. The van der Waals surface area contributed by atoms with Crippen LogP contribution < -0.4 is 5.73 Å². The smallest absolute Gasteiger partial charge is 0.266 e. The number of nitrogens with two attached hydrogens (primary N) is 1. The number of imidazole rings is 1. The van der Waals surface area contributed by atoms with Crippen LogP contribution in [0.3, 0.4) is 0 Å². The van der Waals surface area contributed by atoms with Crippen LogP contribution >= 0.6 is 0 Å². The Kier molecular flexibility index (Phi) is 2.58. The van der Waals surface area contributed by atoms with Gasteiger partial charge in [-0.3, -0.25) is 9.80 Å². The lowest BCUT2D eigenvalue weighted by atomic mass is 10.5. The van der Waals surface area contributed by atoms with Gasteiger partial charge >= 0.3 is 0 Å². The van der Waals surface area contributed by atoms with Crippen LogP contribution in [0, 0.1) is 0 Å². The molecule has 0 unspecified atom stereocenters. The summed E-state index contributed by atoms with van der Waals surface area (Å²) in [6.45, 7) is 0. The van der Waals surface area contributed by atoms with Crippen molar-refractivity contribution < 1.29 is 4.79 Å². The monoisotopic (exact) mass is 182 g/mol. The topological polar surface area (TPSA) is 99.7 Å². The van der Waals surface area contributed by atoms with E-state index in [-0.39, 0.29) is 11.6 Å². The lowest BCUT2D eigenvalue weighted by Gasteiger charge is -1.97. The standard InChI is InChI=1S/C6H10N6O/c1-12(2)11-10-6-8-3-4(9-6)5(7)13/h3H,1-2H3,(H2,7,13)(H,8,9). The number of amides is 1. The minimum absolute atomic E-state index is 0.215. The van der Waals surface area contributed by atoms with Gasteiger partial charge < -0.3 is 10.7 Å². The van der Waals surface area contributed by atoms with Gasteiger partial charge in [0, 0.05) is 14.1 Å². The largest absolute Gasteiger partial charge is 0.364 e.